The number of hydrogen-bond donors (Lipinski definition) is 2. The first-order valence-corrected chi connectivity index (χ1v) is 7.19. The fraction of sp³-hybridized carbons (Fsp3) is 0. The first-order chi connectivity index (χ1) is 11.3. The monoisotopic (exact) mass is 303 g/mol. The topological polar surface area (TPSA) is 70.8 Å². The second kappa shape index (κ2) is 5.46. The second-order valence-corrected chi connectivity index (χ2v) is 5.16. The summed E-state index contributed by atoms with van der Waals surface area (Å²) < 4.78 is 5.90. The van der Waals surface area contributed by atoms with Crippen molar-refractivity contribution < 1.29 is 4.74 Å². The zero-order valence-electron chi connectivity index (χ0n) is 12.1. The average Bonchev–Trinajstić information content (AvgIpc) is 3.10. The van der Waals surface area contributed by atoms with Crippen molar-refractivity contribution in [1.82, 2.24) is 15.2 Å². The van der Waals surface area contributed by atoms with Crippen LogP contribution >= 0.6 is 0 Å². The molecule has 0 fully saturated rings. The van der Waals surface area contributed by atoms with E-state index in [0.717, 1.165) is 22.0 Å². The van der Waals surface area contributed by atoms with Gasteiger partial charge in [0.15, 0.2) is 0 Å². The average molecular weight is 303 g/mol. The minimum atomic E-state index is -0.195. The number of pyridine rings is 1. The first kappa shape index (κ1) is 13.3. The van der Waals surface area contributed by atoms with E-state index in [2.05, 4.69) is 15.2 Å². The summed E-state index contributed by atoms with van der Waals surface area (Å²) in [7, 11) is 0. The first-order valence-electron chi connectivity index (χ1n) is 7.19. The highest BCUT2D eigenvalue weighted by molar-refractivity contribution is 5.89. The molecule has 2 N–H and O–H groups in total. The van der Waals surface area contributed by atoms with Gasteiger partial charge >= 0.3 is 0 Å². The van der Waals surface area contributed by atoms with Crippen molar-refractivity contribution in [3.8, 4) is 22.6 Å². The molecular formula is C18H13N3O2. The van der Waals surface area contributed by atoms with Gasteiger partial charge in [-0.25, -0.2) is 0 Å². The minimum absolute atomic E-state index is 0.195. The summed E-state index contributed by atoms with van der Waals surface area (Å²) in [5, 5.41) is 7.61. The number of nitrogens with one attached hydrogen (secondary N) is 2. The molecule has 2 heterocycles. The van der Waals surface area contributed by atoms with Gasteiger partial charge in [0.25, 0.3) is 5.56 Å². The Kier molecular flexibility index (Phi) is 3.16. The predicted molar refractivity (Wildman–Crippen MR) is 88.7 cm³/mol. The van der Waals surface area contributed by atoms with Gasteiger partial charge in [0.1, 0.15) is 11.5 Å². The number of aromatic amines is 2. The van der Waals surface area contributed by atoms with Gasteiger partial charge in [-0.2, -0.15) is 5.10 Å². The second-order valence-electron chi connectivity index (χ2n) is 5.16. The molecule has 0 saturated carbocycles. The summed E-state index contributed by atoms with van der Waals surface area (Å²) in [6.45, 7) is 0. The van der Waals surface area contributed by atoms with Crippen LogP contribution in [0.2, 0.25) is 0 Å². The van der Waals surface area contributed by atoms with Crippen molar-refractivity contribution in [2.75, 3.05) is 0 Å². The van der Waals surface area contributed by atoms with Crippen LogP contribution in [0.3, 0.4) is 0 Å². The lowest BCUT2D eigenvalue weighted by Crippen LogP contribution is -2.04. The third-order valence-electron chi connectivity index (χ3n) is 3.61. The summed E-state index contributed by atoms with van der Waals surface area (Å²) in [6.07, 6.45) is 3.58. The van der Waals surface area contributed by atoms with Crippen molar-refractivity contribution in [3.05, 3.63) is 77.3 Å². The number of rotatable bonds is 3. The van der Waals surface area contributed by atoms with Crippen LogP contribution in [-0.4, -0.2) is 15.2 Å². The van der Waals surface area contributed by atoms with Gasteiger partial charge in [-0.1, -0.05) is 24.3 Å². The molecule has 2 aromatic heterocycles. The van der Waals surface area contributed by atoms with E-state index in [4.69, 9.17) is 4.74 Å². The maximum Gasteiger partial charge on any atom is 0.252 e. The molecule has 0 bridgehead atoms. The van der Waals surface area contributed by atoms with Crippen LogP contribution in [0, 0.1) is 0 Å². The number of ether oxygens (including phenoxy) is 1. The summed E-state index contributed by atoms with van der Waals surface area (Å²) >= 11 is 0. The lowest BCUT2D eigenvalue weighted by Gasteiger charge is -2.09. The molecule has 0 unspecified atom stereocenters. The highest BCUT2D eigenvalue weighted by atomic mass is 16.5. The van der Waals surface area contributed by atoms with Gasteiger partial charge in [-0.05, 0) is 29.8 Å². The summed E-state index contributed by atoms with van der Waals surface area (Å²) in [4.78, 5) is 14.7. The van der Waals surface area contributed by atoms with E-state index >= 15 is 0 Å². The molecule has 0 atom stereocenters. The molecule has 2 aromatic carbocycles. The Labute approximate surface area is 131 Å². The van der Waals surface area contributed by atoms with Crippen molar-refractivity contribution >= 4 is 10.9 Å². The Morgan fingerprint density at radius 3 is 2.61 bits per heavy atom. The normalized spacial score (nSPS) is 10.8. The summed E-state index contributed by atoms with van der Waals surface area (Å²) in [6, 6.07) is 16.7. The van der Waals surface area contributed by atoms with Crippen molar-refractivity contribution in [1.29, 1.82) is 0 Å². The molecule has 23 heavy (non-hydrogen) atoms. The summed E-state index contributed by atoms with van der Waals surface area (Å²) in [5.74, 6) is 1.22. The van der Waals surface area contributed by atoms with Gasteiger partial charge in [0, 0.05) is 23.2 Å². The van der Waals surface area contributed by atoms with Gasteiger partial charge in [-0.15, -0.1) is 0 Å². The molecule has 112 valence electrons. The van der Waals surface area contributed by atoms with Crippen LogP contribution in [0.4, 0.5) is 0 Å². The van der Waals surface area contributed by atoms with Crippen LogP contribution in [0.15, 0.2) is 71.8 Å². The standard InChI is InChI=1S/C18H13N3O2/c22-18-9-17(23-14-4-2-1-3-5-14)15-8-12(6-7-16(15)21-18)13-10-19-20-11-13/h1-11H,(H,19,20)(H,21,22). The van der Waals surface area contributed by atoms with Crippen molar-refractivity contribution in [2.45, 2.75) is 0 Å². The van der Waals surface area contributed by atoms with Crippen molar-refractivity contribution in [2.24, 2.45) is 0 Å². The number of H-pyrrole nitrogens is 2. The zero-order valence-corrected chi connectivity index (χ0v) is 12.1. The maximum atomic E-state index is 11.9. The Morgan fingerprint density at radius 2 is 1.83 bits per heavy atom. The molecule has 0 radical (unpaired) electrons. The van der Waals surface area contributed by atoms with Crippen molar-refractivity contribution in [3.63, 3.8) is 0 Å². The molecule has 5 nitrogen and oxygen atoms in total. The molecular weight excluding hydrogens is 290 g/mol. The van der Waals surface area contributed by atoms with E-state index in [1.807, 2.05) is 54.7 Å². The van der Waals surface area contributed by atoms with E-state index in [0.29, 0.717) is 11.5 Å². The number of nitrogens with zero attached hydrogens (tertiary/aromatic N) is 1. The van der Waals surface area contributed by atoms with E-state index in [9.17, 15) is 4.79 Å². The Balaban J connectivity index is 1.88. The Bertz CT molecular complexity index is 1010. The molecule has 0 saturated heterocycles. The van der Waals surface area contributed by atoms with Crippen LogP contribution in [0.1, 0.15) is 0 Å². The Morgan fingerprint density at radius 1 is 0.957 bits per heavy atom. The number of aromatic nitrogens is 3. The predicted octanol–water partition coefficient (Wildman–Crippen LogP) is 3.71. The molecule has 0 aliphatic carbocycles. The van der Waals surface area contributed by atoms with Gasteiger partial charge in [-0.3, -0.25) is 9.89 Å². The van der Waals surface area contributed by atoms with Crippen LogP contribution < -0.4 is 10.3 Å². The largest absolute Gasteiger partial charge is 0.456 e. The summed E-state index contributed by atoms with van der Waals surface area (Å²) in [5.41, 5.74) is 2.51. The van der Waals surface area contributed by atoms with E-state index in [1.54, 1.807) is 6.20 Å². The molecule has 0 aliphatic rings. The molecule has 0 spiro atoms. The zero-order chi connectivity index (χ0) is 15.6. The SMILES string of the molecule is O=c1cc(Oc2ccccc2)c2cc(-c3cn[nH]c3)ccc2[nH]1. The fourth-order valence-corrected chi connectivity index (χ4v) is 2.51. The number of para-hydroxylation sites is 1. The number of benzene rings is 2. The van der Waals surface area contributed by atoms with E-state index < -0.39 is 0 Å². The van der Waals surface area contributed by atoms with Gasteiger partial charge in [0.2, 0.25) is 0 Å². The molecule has 4 aromatic rings. The molecule has 4 rings (SSSR count). The molecule has 0 aliphatic heterocycles. The fourth-order valence-electron chi connectivity index (χ4n) is 2.51. The lowest BCUT2D eigenvalue weighted by atomic mass is 10.1. The van der Waals surface area contributed by atoms with Crippen LogP contribution in [0.5, 0.6) is 11.5 Å². The Hall–Kier alpha value is -3.34. The number of fused-ring (bicyclic) bond motifs is 1. The maximum absolute atomic E-state index is 11.9. The quantitative estimate of drug-likeness (QED) is 0.606. The van der Waals surface area contributed by atoms with E-state index in [-0.39, 0.29) is 5.56 Å². The molecule has 5 heteroatoms. The molecule has 0 amide bonds. The highest BCUT2D eigenvalue weighted by Gasteiger charge is 2.08. The van der Waals surface area contributed by atoms with Crippen LogP contribution in [0.25, 0.3) is 22.0 Å². The third-order valence-corrected chi connectivity index (χ3v) is 3.61. The highest BCUT2D eigenvalue weighted by Crippen LogP contribution is 2.30. The number of hydrogen-bond acceptors (Lipinski definition) is 3. The lowest BCUT2D eigenvalue weighted by molar-refractivity contribution is 0.487. The van der Waals surface area contributed by atoms with Gasteiger partial charge < -0.3 is 9.72 Å². The third kappa shape index (κ3) is 2.60. The van der Waals surface area contributed by atoms with Crippen LogP contribution in [-0.2, 0) is 0 Å². The smallest absolute Gasteiger partial charge is 0.252 e. The van der Waals surface area contributed by atoms with Gasteiger partial charge in [0.05, 0.1) is 11.7 Å². The minimum Gasteiger partial charge on any atom is -0.456 e. The van der Waals surface area contributed by atoms with E-state index in [1.165, 1.54) is 6.07 Å².